The quantitative estimate of drug-likeness (QED) is 0.0285. The highest BCUT2D eigenvalue weighted by atomic mass is 16.4. The zero-order valence-corrected chi connectivity index (χ0v) is 44.5. The van der Waals surface area contributed by atoms with E-state index in [-0.39, 0.29) is 44.6 Å². The molecule has 1 aromatic rings. The van der Waals surface area contributed by atoms with Crippen molar-refractivity contribution in [3.63, 3.8) is 0 Å². The number of aliphatic hydroxyl groups is 2. The molecule has 0 spiro atoms. The largest absolute Gasteiger partial charge is 0.481 e. The molecule has 0 saturated heterocycles. The standard InChI is InChI=1S/C49H79N11O17/c1-8-25(4)38(47(74)56-32(17-18-36(64)65)45(72)60-40(28(7)62)49(76)77)58-41(68)26(5)53-44(71)31(16-12-13-19-50)55-48(75)39(27(6)61)59-46(73)33(20-24(2)3)54-35(63)23-52-43(70)34(21-29-14-10-9-11-15-29)57-42(69)30(51)22-37(66)67/h9-11,14-15,24-28,30-34,38-40,61-62H,8,12-13,16-23,50-51H2,1-7H3,(H,52,70)(H,53,71)(H,54,63)(H,55,75)(H,56,74)(H,57,69)(H,58,68)(H,59,73)(H,60,72)(H,64,65)(H,66,67)(H,76,77)/t25-,26-,27+,28+,30-,31-,32-,33-,34-,38-,39-,40-/m0/s1. The fraction of sp³-hybridized carbons (Fsp3) is 0.633. The van der Waals surface area contributed by atoms with Gasteiger partial charge in [-0.3, -0.25) is 52.7 Å². The van der Waals surface area contributed by atoms with Gasteiger partial charge in [-0.15, -0.1) is 0 Å². The summed E-state index contributed by atoms with van der Waals surface area (Å²) in [6.07, 6.45) is -4.21. The van der Waals surface area contributed by atoms with Gasteiger partial charge in [0, 0.05) is 12.8 Å². The van der Waals surface area contributed by atoms with Crippen LogP contribution >= 0.6 is 0 Å². The molecule has 28 heteroatoms. The smallest absolute Gasteiger partial charge is 0.328 e. The van der Waals surface area contributed by atoms with Crippen LogP contribution in [0.1, 0.15) is 105 Å². The number of carboxylic acid groups (broad SMARTS) is 3. The molecule has 0 saturated carbocycles. The summed E-state index contributed by atoms with van der Waals surface area (Å²) in [5, 5.41) is 69.9. The Bertz CT molecular complexity index is 2180. The Kier molecular flexibility index (Phi) is 30.2. The maximum absolute atomic E-state index is 13.9. The first kappa shape index (κ1) is 67.7. The molecule has 0 aliphatic heterocycles. The fourth-order valence-electron chi connectivity index (χ4n) is 7.34. The molecule has 0 fully saturated rings. The van der Waals surface area contributed by atoms with Gasteiger partial charge >= 0.3 is 17.9 Å². The second kappa shape index (κ2) is 34.4. The summed E-state index contributed by atoms with van der Waals surface area (Å²) in [7, 11) is 0. The predicted molar refractivity (Wildman–Crippen MR) is 274 cm³/mol. The number of nitrogens with two attached hydrogens (primary N) is 2. The Morgan fingerprint density at radius 3 is 1.58 bits per heavy atom. The van der Waals surface area contributed by atoms with Crippen LogP contribution in [0.2, 0.25) is 0 Å². The molecule has 1 rings (SSSR count). The molecule has 0 aliphatic rings. The highest BCUT2D eigenvalue weighted by Gasteiger charge is 2.36. The zero-order valence-electron chi connectivity index (χ0n) is 44.5. The van der Waals surface area contributed by atoms with Crippen molar-refractivity contribution in [2.45, 2.75) is 173 Å². The maximum atomic E-state index is 13.9. The van der Waals surface area contributed by atoms with Crippen LogP contribution in [0.15, 0.2) is 30.3 Å². The Balaban J connectivity index is 3.25. The minimum atomic E-state index is -1.81. The van der Waals surface area contributed by atoms with E-state index in [9.17, 15) is 78.0 Å². The first-order valence-corrected chi connectivity index (χ1v) is 25.2. The van der Waals surface area contributed by atoms with Gasteiger partial charge < -0.3 is 84.9 Å². The van der Waals surface area contributed by atoms with E-state index >= 15 is 0 Å². The molecule has 9 amide bonds. The minimum Gasteiger partial charge on any atom is -0.481 e. The molecule has 432 valence electrons. The molecular weight excluding hydrogens is 1010 g/mol. The molecule has 0 aliphatic carbocycles. The molecule has 0 radical (unpaired) electrons. The van der Waals surface area contributed by atoms with Gasteiger partial charge in [0.25, 0.3) is 0 Å². The lowest BCUT2D eigenvalue weighted by Gasteiger charge is -2.29. The van der Waals surface area contributed by atoms with E-state index in [0.29, 0.717) is 12.0 Å². The van der Waals surface area contributed by atoms with E-state index in [1.54, 1.807) is 58.0 Å². The third kappa shape index (κ3) is 25.4. The van der Waals surface area contributed by atoms with Crippen LogP contribution < -0.4 is 59.3 Å². The van der Waals surface area contributed by atoms with Crippen molar-refractivity contribution in [1.82, 2.24) is 47.9 Å². The summed E-state index contributed by atoms with van der Waals surface area (Å²) in [4.78, 5) is 155. The number of unbranched alkanes of at least 4 members (excludes halogenated alkanes) is 1. The second-order valence-corrected chi connectivity index (χ2v) is 19.2. The summed E-state index contributed by atoms with van der Waals surface area (Å²) in [5.74, 6) is -13.7. The van der Waals surface area contributed by atoms with Crippen molar-refractivity contribution in [3.05, 3.63) is 35.9 Å². The lowest BCUT2D eigenvalue weighted by Crippen LogP contribution is -2.61. The number of carboxylic acids is 3. The number of carbonyl (C=O) groups is 12. The number of carbonyl (C=O) groups excluding carboxylic acids is 9. The van der Waals surface area contributed by atoms with Crippen LogP contribution in [0.3, 0.4) is 0 Å². The van der Waals surface area contributed by atoms with E-state index in [2.05, 4.69) is 47.9 Å². The molecule has 77 heavy (non-hydrogen) atoms. The van der Waals surface area contributed by atoms with Gasteiger partial charge in [0.15, 0.2) is 6.04 Å². The predicted octanol–water partition coefficient (Wildman–Crippen LogP) is -4.02. The number of aliphatic carboxylic acids is 3. The number of amides is 9. The monoisotopic (exact) mass is 1090 g/mol. The molecule has 18 N–H and O–H groups in total. The number of rotatable bonds is 36. The van der Waals surface area contributed by atoms with Crippen LogP contribution in [0.5, 0.6) is 0 Å². The molecule has 12 atom stereocenters. The van der Waals surface area contributed by atoms with E-state index in [1.807, 2.05) is 0 Å². The molecule has 1 aromatic carbocycles. The Hall–Kier alpha value is -7.30. The van der Waals surface area contributed by atoms with Crippen LogP contribution in [-0.4, -0.2) is 176 Å². The SMILES string of the molecule is CC[C@H](C)[C@H](NC(=O)[C@H](C)NC(=O)[C@H](CCCCN)NC(=O)[C@@H](NC(=O)[C@H](CC(C)C)NC(=O)CNC(=O)[C@H](Cc1ccccc1)NC(=O)[C@@H](N)CC(=O)O)[C@@H](C)O)C(=O)N[C@@H](CCC(=O)O)C(=O)N[C@H](C(=O)O)[C@@H](C)O. The van der Waals surface area contributed by atoms with Crippen molar-refractivity contribution >= 4 is 71.1 Å². The van der Waals surface area contributed by atoms with E-state index < -0.39 is 169 Å². The Morgan fingerprint density at radius 2 is 1.06 bits per heavy atom. The van der Waals surface area contributed by atoms with Crippen LogP contribution in [0.25, 0.3) is 0 Å². The molecule has 0 bridgehead atoms. The number of aliphatic hydroxyl groups excluding tert-OH is 2. The number of nitrogens with one attached hydrogen (secondary N) is 9. The van der Waals surface area contributed by atoms with Crippen LogP contribution in [0, 0.1) is 11.8 Å². The Labute approximate surface area is 446 Å². The van der Waals surface area contributed by atoms with Gasteiger partial charge in [0.2, 0.25) is 53.2 Å². The van der Waals surface area contributed by atoms with Gasteiger partial charge in [0.1, 0.15) is 42.3 Å². The fourth-order valence-corrected chi connectivity index (χ4v) is 7.34. The zero-order chi connectivity index (χ0) is 58.7. The van der Waals surface area contributed by atoms with Crippen molar-refractivity contribution in [1.29, 1.82) is 0 Å². The first-order chi connectivity index (χ1) is 36.0. The van der Waals surface area contributed by atoms with Crippen LogP contribution in [0.4, 0.5) is 0 Å². The molecular formula is C49H79N11O17. The van der Waals surface area contributed by atoms with Crippen LogP contribution in [-0.2, 0) is 64.0 Å². The number of hydrogen-bond donors (Lipinski definition) is 16. The summed E-state index contributed by atoms with van der Waals surface area (Å²) < 4.78 is 0. The summed E-state index contributed by atoms with van der Waals surface area (Å²) >= 11 is 0. The molecule has 28 nitrogen and oxygen atoms in total. The lowest BCUT2D eigenvalue weighted by molar-refractivity contribution is -0.145. The summed E-state index contributed by atoms with van der Waals surface area (Å²) in [6.45, 7) is 9.74. The van der Waals surface area contributed by atoms with Crippen molar-refractivity contribution in [2.75, 3.05) is 13.1 Å². The van der Waals surface area contributed by atoms with Gasteiger partial charge in [-0.25, -0.2) is 4.79 Å². The highest BCUT2D eigenvalue weighted by Crippen LogP contribution is 2.12. The van der Waals surface area contributed by atoms with Gasteiger partial charge in [-0.1, -0.05) is 64.4 Å². The van der Waals surface area contributed by atoms with Gasteiger partial charge in [-0.2, -0.15) is 0 Å². The Morgan fingerprint density at radius 1 is 0.545 bits per heavy atom. The van der Waals surface area contributed by atoms with Gasteiger partial charge in [-0.05, 0) is 76.8 Å². The third-order valence-electron chi connectivity index (χ3n) is 11.9. The second-order valence-electron chi connectivity index (χ2n) is 19.2. The first-order valence-electron chi connectivity index (χ1n) is 25.2. The molecule has 0 aromatic heterocycles. The van der Waals surface area contributed by atoms with E-state index in [1.165, 1.54) is 13.8 Å². The van der Waals surface area contributed by atoms with Crippen molar-refractivity contribution in [2.24, 2.45) is 23.3 Å². The highest BCUT2D eigenvalue weighted by molar-refractivity contribution is 5.98. The lowest BCUT2D eigenvalue weighted by atomic mass is 9.97. The van der Waals surface area contributed by atoms with Crippen molar-refractivity contribution in [3.8, 4) is 0 Å². The maximum Gasteiger partial charge on any atom is 0.328 e. The number of hydrogen-bond acceptors (Lipinski definition) is 16. The number of benzene rings is 1. The average molecular weight is 1090 g/mol. The van der Waals surface area contributed by atoms with Gasteiger partial charge in [0.05, 0.1) is 31.2 Å². The van der Waals surface area contributed by atoms with E-state index in [4.69, 9.17) is 16.6 Å². The minimum absolute atomic E-state index is 0.00470. The third-order valence-corrected chi connectivity index (χ3v) is 11.9. The average Bonchev–Trinajstić information content (AvgIpc) is 3.35. The normalized spacial score (nSPS) is 15.8. The van der Waals surface area contributed by atoms with E-state index in [0.717, 1.165) is 6.92 Å². The van der Waals surface area contributed by atoms with Crippen molar-refractivity contribution < 1.29 is 83.1 Å². The summed E-state index contributed by atoms with van der Waals surface area (Å²) in [6, 6.07) is -5.06. The summed E-state index contributed by atoms with van der Waals surface area (Å²) in [5.41, 5.74) is 12.0. The topological polar surface area (TPSA) is 466 Å². The molecule has 0 unspecified atom stereocenters. The molecule has 0 heterocycles.